The molecule has 1 aliphatic heterocycles. The molecule has 0 saturated heterocycles. The van der Waals surface area contributed by atoms with Crippen LogP contribution in [0.2, 0.25) is 0 Å². The second-order valence-corrected chi connectivity index (χ2v) is 9.73. The minimum absolute atomic E-state index is 0.0443. The molecule has 0 bridgehead atoms. The lowest BCUT2D eigenvalue weighted by Crippen LogP contribution is -2.49. The lowest BCUT2D eigenvalue weighted by atomic mass is 10.0. The highest BCUT2D eigenvalue weighted by Crippen LogP contribution is 2.34. The summed E-state index contributed by atoms with van der Waals surface area (Å²) in [4.78, 5) is 31.9. The van der Waals surface area contributed by atoms with Gasteiger partial charge in [0.05, 0.1) is 10.9 Å². The Labute approximate surface area is 190 Å². The average molecular weight is 455 g/mol. The molecule has 4 rings (SSSR count). The van der Waals surface area contributed by atoms with Gasteiger partial charge in [-0.05, 0) is 60.9 Å². The molecule has 1 atom stereocenters. The van der Waals surface area contributed by atoms with Gasteiger partial charge in [-0.1, -0.05) is 24.3 Å². The summed E-state index contributed by atoms with van der Waals surface area (Å²) in [6.07, 6.45) is 0.834. The smallest absolute Gasteiger partial charge is 0.264 e. The number of carbonyl (C=O) groups is 2. The van der Waals surface area contributed by atoms with Gasteiger partial charge >= 0.3 is 0 Å². The van der Waals surface area contributed by atoms with E-state index in [1.54, 1.807) is 16.2 Å². The largest absolute Gasteiger partial charge is 0.491 e. The van der Waals surface area contributed by atoms with Gasteiger partial charge in [0.15, 0.2) is 0 Å². The third kappa shape index (κ3) is 4.83. The van der Waals surface area contributed by atoms with Crippen molar-refractivity contribution in [1.29, 1.82) is 0 Å². The van der Waals surface area contributed by atoms with Crippen molar-refractivity contribution >= 4 is 34.5 Å². The van der Waals surface area contributed by atoms with E-state index in [9.17, 15) is 9.59 Å². The highest BCUT2D eigenvalue weighted by molar-refractivity contribution is 7.12. The van der Waals surface area contributed by atoms with Crippen LogP contribution in [-0.4, -0.2) is 47.4 Å². The minimum atomic E-state index is -0.159. The van der Waals surface area contributed by atoms with E-state index in [1.165, 1.54) is 16.2 Å². The normalized spacial score (nSPS) is 15.6. The number of hydrogen-bond acceptors (Lipinski definition) is 5. The van der Waals surface area contributed by atoms with E-state index in [0.29, 0.717) is 18.0 Å². The average Bonchev–Trinajstić information content (AvgIpc) is 3.47. The van der Waals surface area contributed by atoms with Crippen LogP contribution < -0.4 is 4.74 Å². The second kappa shape index (κ2) is 9.66. The first kappa shape index (κ1) is 21.6. The predicted octanol–water partition coefficient (Wildman–Crippen LogP) is 4.87. The molecule has 3 aromatic rings. The molecule has 7 heteroatoms. The van der Waals surface area contributed by atoms with Crippen LogP contribution in [0, 0.1) is 0 Å². The number of rotatable bonds is 7. The maximum Gasteiger partial charge on any atom is 0.264 e. The maximum atomic E-state index is 13.4. The molecule has 0 spiro atoms. The van der Waals surface area contributed by atoms with E-state index >= 15 is 0 Å². The Bertz CT molecular complexity index is 1010. The van der Waals surface area contributed by atoms with Gasteiger partial charge in [0.25, 0.3) is 5.91 Å². The quantitative estimate of drug-likeness (QED) is 0.512. The molecular formula is C24H26N2O3S2. The Kier molecular flexibility index (Phi) is 6.73. The SMILES string of the molecule is CC(C)N(CC(=O)N1CCc2sccc2C1COc1ccccc1)C(=O)c1cccs1. The summed E-state index contributed by atoms with van der Waals surface area (Å²) < 4.78 is 6.04. The van der Waals surface area contributed by atoms with Crippen molar-refractivity contribution in [2.75, 3.05) is 19.7 Å². The molecule has 2 amide bonds. The standard InChI is InChI=1S/C24H26N2O3S2/c1-17(2)26(24(28)22-9-6-13-30-22)15-23(27)25-12-10-21-19(11-14-31-21)20(25)16-29-18-7-4-3-5-8-18/h3-9,11,13-14,17,20H,10,12,15-16H2,1-2H3. The Balaban J connectivity index is 1.52. The van der Waals surface area contributed by atoms with Crippen LogP contribution in [0.15, 0.2) is 59.3 Å². The fourth-order valence-electron chi connectivity index (χ4n) is 3.83. The van der Waals surface area contributed by atoms with Gasteiger partial charge in [0, 0.05) is 17.5 Å². The fourth-order valence-corrected chi connectivity index (χ4v) is 5.44. The molecule has 2 aromatic heterocycles. The Hall–Kier alpha value is -2.64. The first-order valence-corrected chi connectivity index (χ1v) is 12.2. The van der Waals surface area contributed by atoms with Crippen molar-refractivity contribution in [1.82, 2.24) is 9.80 Å². The first-order chi connectivity index (χ1) is 15.0. The zero-order valence-corrected chi connectivity index (χ0v) is 19.3. The topological polar surface area (TPSA) is 49.9 Å². The van der Waals surface area contributed by atoms with Crippen LogP contribution >= 0.6 is 22.7 Å². The van der Waals surface area contributed by atoms with Crippen LogP contribution in [-0.2, 0) is 11.2 Å². The summed E-state index contributed by atoms with van der Waals surface area (Å²) in [5.74, 6) is 0.648. The van der Waals surface area contributed by atoms with Gasteiger partial charge in [-0.25, -0.2) is 0 Å². The molecule has 1 unspecified atom stereocenters. The summed E-state index contributed by atoms with van der Waals surface area (Å²) >= 11 is 3.13. The number of fused-ring (bicyclic) bond motifs is 1. The van der Waals surface area contributed by atoms with E-state index in [0.717, 1.165) is 17.7 Å². The molecular weight excluding hydrogens is 428 g/mol. The van der Waals surface area contributed by atoms with Crippen LogP contribution in [0.25, 0.3) is 0 Å². The van der Waals surface area contributed by atoms with Crippen molar-refractivity contribution in [2.24, 2.45) is 0 Å². The second-order valence-electron chi connectivity index (χ2n) is 7.78. The molecule has 0 radical (unpaired) electrons. The number of amides is 2. The van der Waals surface area contributed by atoms with Gasteiger partial charge in [0.1, 0.15) is 18.9 Å². The van der Waals surface area contributed by atoms with Crippen LogP contribution in [0.4, 0.5) is 0 Å². The van der Waals surface area contributed by atoms with E-state index in [2.05, 4.69) is 11.4 Å². The lowest BCUT2D eigenvalue weighted by Gasteiger charge is -2.37. The molecule has 162 valence electrons. The number of carbonyl (C=O) groups excluding carboxylic acids is 2. The molecule has 5 nitrogen and oxygen atoms in total. The predicted molar refractivity (Wildman–Crippen MR) is 125 cm³/mol. The summed E-state index contributed by atoms with van der Waals surface area (Å²) in [5, 5.41) is 3.96. The summed E-state index contributed by atoms with van der Waals surface area (Å²) in [5.41, 5.74) is 1.15. The van der Waals surface area contributed by atoms with E-state index in [-0.39, 0.29) is 30.4 Å². The summed E-state index contributed by atoms with van der Waals surface area (Å²) in [6.45, 7) is 4.98. The lowest BCUT2D eigenvalue weighted by molar-refractivity contribution is -0.136. The zero-order chi connectivity index (χ0) is 21.8. The molecule has 1 aliphatic rings. The van der Waals surface area contributed by atoms with Crippen molar-refractivity contribution in [3.05, 3.63) is 74.6 Å². The van der Waals surface area contributed by atoms with E-state index in [4.69, 9.17) is 4.74 Å². The molecule has 31 heavy (non-hydrogen) atoms. The van der Waals surface area contributed by atoms with Gasteiger partial charge in [0.2, 0.25) is 5.91 Å². The monoisotopic (exact) mass is 454 g/mol. The van der Waals surface area contributed by atoms with Gasteiger partial charge in [-0.3, -0.25) is 9.59 Å². The molecule has 3 heterocycles. The first-order valence-electron chi connectivity index (χ1n) is 10.4. The number of ether oxygens (including phenoxy) is 1. The van der Waals surface area contributed by atoms with E-state index in [1.807, 2.05) is 66.6 Å². The Morgan fingerprint density at radius 1 is 1.10 bits per heavy atom. The van der Waals surface area contributed by atoms with Crippen molar-refractivity contribution in [2.45, 2.75) is 32.4 Å². The van der Waals surface area contributed by atoms with Gasteiger partial charge < -0.3 is 14.5 Å². The van der Waals surface area contributed by atoms with Crippen LogP contribution in [0.3, 0.4) is 0 Å². The number of benzene rings is 1. The molecule has 0 saturated carbocycles. The van der Waals surface area contributed by atoms with E-state index < -0.39 is 0 Å². The van der Waals surface area contributed by atoms with Gasteiger partial charge in [-0.15, -0.1) is 22.7 Å². The summed E-state index contributed by atoms with van der Waals surface area (Å²) in [6, 6.07) is 15.2. The number of para-hydroxylation sites is 1. The molecule has 0 fully saturated rings. The highest BCUT2D eigenvalue weighted by atomic mass is 32.1. The van der Waals surface area contributed by atoms with Crippen molar-refractivity contribution in [3.63, 3.8) is 0 Å². The highest BCUT2D eigenvalue weighted by Gasteiger charge is 2.34. The number of nitrogens with zero attached hydrogens (tertiary/aromatic N) is 2. The molecule has 1 aromatic carbocycles. The zero-order valence-electron chi connectivity index (χ0n) is 17.7. The van der Waals surface area contributed by atoms with Crippen molar-refractivity contribution in [3.8, 4) is 5.75 Å². The van der Waals surface area contributed by atoms with Crippen molar-refractivity contribution < 1.29 is 14.3 Å². The Morgan fingerprint density at radius 3 is 2.61 bits per heavy atom. The molecule has 0 N–H and O–H groups in total. The van der Waals surface area contributed by atoms with Crippen LogP contribution in [0.1, 0.15) is 40.0 Å². The van der Waals surface area contributed by atoms with Crippen LogP contribution in [0.5, 0.6) is 5.75 Å². The number of thiophene rings is 2. The molecule has 0 aliphatic carbocycles. The van der Waals surface area contributed by atoms with Gasteiger partial charge in [-0.2, -0.15) is 0 Å². The summed E-state index contributed by atoms with van der Waals surface area (Å²) in [7, 11) is 0. The third-order valence-corrected chi connectivity index (χ3v) is 7.34. The number of hydrogen-bond donors (Lipinski definition) is 0. The fraction of sp³-hybridized carbons (Fsp3) is 0.333. The third-order valence-electron chi connectivity index (χ3n) is 5.49. The Morgan fingerprint density at radius 2 is 1.90 bits per heavy atom. The maximum absolute atomic E-state index is 13.4. The minimum Gasteiger partial charge on any atom is -0.491 e.